The summed E-state index contributed by atoms with van der Waals surface area (Å²) in [6, 6.07) is 12.3. The Morgan fingerprint density at radius 2 is 1.59 bits per heavy atom. The quantitative estimate of drug-likeness (QED) is 0.623. The number of non-ortho nitro benzene ring substituents is 1. The Labute approximate surface area is 156 Å². The molecule has 0 atom stereocenters. The summed E-state index contributed by atoms with van der Waals surface area (Å²) in [7, 11) is 0. The molecular formula is C19H21FN4O3. The average molecular weight is 372 g/mol. The fourth-order valence-electron chi connectivity index (χ4n) is 3.02. The van der Waals surface area contributed by atoms with Crippen molar-refractivity contribution >= 4 is 17.3 Å². The zero-order valence-electron chi connectivity index (χ0n) is 14.8. The lowest BCUT2D eigenvalue weighted by Gasteiger charge is -2.34. The van der Waals surface area contributed by atoms with Crippen molar-refractivity contribution in [2.24, 2.45) is 0 Å². The van der Waals surface area contributed by atoms with Gasteiger partial charge in [0.2, 0.25) is 5.91 Å². The van der Waals surface area contributed by atoms with E-state index in [4.69, 9.17) is 0 Å². The van der Waals surface area contributed by atoms with E-state index >= 15 is 0 Å². The zero-order valence-corrected chi connectivity index (χ0v) is 14.8. The van der Waals surface area contributed by atoms with E-state index in [1.165, 1.54) is 36.4 Å². The van der Waals surface area contributed by atoms with Crippen LogP contribution in [-0.4, -0.2) is 53.4 Å². The molecule has 3 rings (SSSR count). The van der Waals surface area contributed by atoms with E-state index in [9.17, 15) is 19.3 Å². The van der Waals surface area contributed by atoms with Crippen molar-refractivity contribution in [2.45, 2.75) is 6.54 Å². The van der Waals surface area contributed by atoms with Crippen molar-refractivity contribution in [3.63, 3.8) is 0 Å². The highest BCUT2D eigenvalue weighted by atomic mass is 19.1. The topological polar surface area (TPSA) is 78.7 Å². The van der Waals surface area contributed by atoms with Gasteiger partial charge < -0.3 is 5.32 Å². The molecule has 0 saturated carbocycles. The molecule has 2 aromatic carbocycles. The number of halogens is 1. The summed E-state index contributed by atoms with van der Waals surface area (Å²) in [5.74, 6) is -0.376. The summed E-state index contributed by atoms with van der Waals surface area (Å²) in [6.07, 6.45) is 0. The Kier molecular flexibility index (Phi) is 6.10. The molecule has 142 valence electrons. The van der Waals surface area contributed by atoms with Crippen LogP contribution in [0.4, 0.5) is 15.8 Å². The summed E-state index contributed by atoms with van der Waals surface area (Å²) in [6.45, 7) is 4.26. The molecule has 0 aromatic heterocycles. The molecule has 1 heterocycles. The molecule has 1 aliphatic rings. The predicted octanol–water partition coefficient (Wildman–Crippen LogP) is 2.49. The third-order valence-corrected chi connectivity index (χ3v) is 4.51. The fourth-order valence-corrected chi connectivity index (χ4v) is 3.02. The van der Waals surface area contributed by atoms with Crippen LogP contribution in [0.5, 0.6) is 0 Å². The number of anilines is 1. The summed E-state index contributed by atoms with van der Waals surface area (Å²) in [5.41, 5.74) is 1.60. The summed E-state index contributed by atoms with van der Waals surface area (Å²) in [5, 5.41) is 13.4. The van der Waals surface area contributed by atoms with Crippen molar-refractivity contribution in [1.82, 2.24) is 9.80 Å². The second-order valence-corrected chi connectivity index (χ2v) is 6.53. The minimum absolute atomic E-state index is 0.00900. The molecule has 8 heteroatoms. The molecular weight excluding hydrogens is 351 g/mol. The lowest BCUT2D eigenvalue weighted by Crippen LogP contribution is -2.48. The molecule has 27 heavy (non-hydrogen) atoms. The van der Waals surface area contributed by atoms with Gasteiger partial charge in [0.05, 0.1) is 11.5 Å². The third-order valence-electron chi connectivity index (χ3n) is 4.51. The number of piperazine rings is 1. The van der Waals surface area contributed by atoms with Gasteiger partial charge in [-0.1, -0.05) is 12.1 Å². The standard InChI is InChI=1S/C19H21FN4O3/c20-16-3-1-15(2-4-16)13-22-9-11-23(12-10-22)14-19(25)21-17-5-7-18(8-6-17)24(26)27/h1-8H,9-14H2,(H,21,25). The normalized spacial score (nSPS) is 15.4. The molecule has 1 fully saturated rings. The number of nitrogens with one attached hydrogen (secondary N) is 1. The molecule has 2 aromatic rings. The van der Waals surface area contributed by atoms with E-state index in [0.29, 0.717) is 5.69 Å². The van der Waals surface area contributed by atoms with Gasteiger partial charge in [-0.25, -0.2) is 4.39 Å². The zero-order chi connectivity index (χ0) is 19.2. The van der Waals surface area contributed by atoms with Crippen LogP contribution in [0.2, 0.25) is 0 Å². The first-order chi connectivity index (χ1) is 13.0. The van der Waals surface area contributed by atoms with Crippen molar-refractivity contribution in [1.29, 1.82) is 0 Å². The van der Waals surface area contributed by atoms with Crippen LogP contribution in [0.1, 0.15) is 5.56 Å². The lowest BCUT2D eigenvalue weighted by atomic mass is 10.2. The van der Waals surface area contributed by atoms with Gasteiger partial charge in [-0.3, -0.25) is 24.7 Å². The van der Waals surface area contributed by atoms with Crippen LogP contribution >= 0.6 is 0 Å². The van der Waals surface area contributed by atoms with Crippen LogP contribution < -0.4 is 5.32 Å². The van der Waals surface area contributed by atoms with Crippen LogP contribution in [0, 0.1) is 15.9 Å². The van der Waals surface area contributed by atoms with E-state index in [1.54, 1.807) is 12.1 Å². The first kappa shape index (κ1) is 18.9. The van der Waals surface area contributed by atoms with Gasteiger partial charge in [0, 0.05) is 50.5 Å². The number of hydrogen-bond donors (Lipinski definition) is 1. The number of nitro benzene ring substituents is 1. The number of nitrogens with zero attached hydrogens (tertiary/aromatic N) is 3. The fraction of sp³-hybridized carbons (Fsp3) is 0.316. The largest absolute Gasteiger partial charge is 0.325 e. The Hall–Kier alpha value is -2.84. The molecule has 0 aliphatic carbocycles. The number of carbonyl (C=O) groups excluding carboxylic acids is 1. The number of carbonyl (C=O) groups is 1. The third kappa shape index (κ3) is 5.57. The van der Waals surface area contributed by atoms with E-state index in [0.717, 1.165) is 38.3 Å². The lowest BCUT2D eigenvalue weighted by molar-refractivity contribution is -0.384. The number of benzene rings is 2. The van der Waals surface area contributed by atoms with Crippen molar-refractivity contribution in [2.75, 3.05) is 38.0 Å². The van der Waals surface area contributed by atoms with E-state index in [-0.39, 0.29) is 24.0 Å². The van der Waals surface area contributed by atoms with Gasteiger partial charge in [0.25, 0.3) is 5.69 Å². The number of nitro groups is 1. The number of hydrogen-bond acceptors (Lipinski definition) is 5. The van der Waals surface area contributed by atoms with Crippen LogP contribution in [0.25, 0.3) is 0 Å². The van der Waals surface area contributed by atoms with Gasteiger partial charge in [0.1, 0.15) is 5.82 Å². The highest BCUT2D eigenvalue weighted by Crippen LogP contribution is 2.15. The first-order valence-corrected chi connectivity index (χ1v) is 8.73. The number of rotatable bonds is 6. The summed E-state index contributed by atoms with van der Waals surface area (Å²) >= 11 is 0. The second kappa shape index (κ2) is 8.70. The van der Waals surface area contributed by atoms with Crippen molar-refractivity contribution < 1.29 is 14.1 Å². The maximum Gasteiger partial charge on any atom is 0.269 e. The molecule has 1 N–H and O–H groups in total. The number of amides is 1. The molecule has 7 nitrogen and oxygen atoms in total. The Morgan fingerprint density at radius 3 is 2.19 bits per heavy atom. The van der Waals surface area contributed by atoms with Crippen LogP contribution in [0.15, 0.2) is 48.5 Å². The molecule has 0 radical (unpaired) electrons. The maximum absolute atomic E-state index is 13.0. The smallest absolute Gasteiger partial charge is 0.269 e. The monoisotopic (exact) mass is 372 g/mol. The molecule has 1 aliphatic heterocycles. The minimum Gasteiger partial charge on any atom is -0.325 e. The molecule has 1 amide bonds. The van der Waals surface area contributed by atoms with E-state index in [2.05, 4.69) is 15.1 Å². The van der Waals surface area contributed by atoms with Crippen molar-refractivity contribution in [3.8, 4) is 0 Å². The first-order valence-electron chi connectivity index (χ1n) is 8.73. The predicted molar refractivity (Wildman–Crippen MR) is 99.8 cm³/mol. The van der Waals surface area contributed by atoms with E-state index in [1.807, 2.05) is 0 Å². The SMILES string of the molecule is O=C(CN1CCN(Cc2ccc(F)cc2)CC1)Nc1ccc([N+](=O)[O-])cc1. The highest BCUT2D eigenvalue weighted by molar-refractivity contribution is 5.92. The van der Waals surface area contributed by atoms with Gasteiger partial charge >= 0.3 is 0 Å². The molecule has 1 saturated heterocycles. The Morgan fingerprint density at radius 1 is 1.00 bits per heavy atom. The Bertz CT molecular complexity index is 788. The highest BCUT2D eigenvalue weighted by Gasteiger charge is 2.19. The van der Waals surface area contributed by atoms with Crippen LogP contribution in [-0.2, 0) is 11.3 Å². The van der Waals surface area contributed by atoms with Gasteiger partial charge in [-0.05, 0) is 29.8 Å². The summed E-state index contributed by atoms with van der Waals surface area (Å²) < 4.78 is 13.0. The van der Waals surface area contributed by atoms with E-state index < -0.39 is 4.92 Å². The van der Waals surface area contributed by atoms with Gasteiger partial charge in [0.15, 0.2) is 0 Å². The Balaban J connectivity index is 1.42. The minimum atomic E-state index is -0.475. The maximum atomic E-state index is 13.0. The second-order valence-electron chi connectivity index (χ2n) is 6.53. The molecule has 0 bridgehead atoms. The molecule has 0 unspecified atom stereocenters. The van der Waals surface area contributed by atoms with Crippen molar-refractivity contribution in [3.05, 3.63) is 70.0 Å². The average Bonchev–Trinajstić information content (AvgIpc) is 2.65. The van der Waals surface area contributed by atoms with Crippen LogP contribution in [0.3, 0.4) is 0 Å². The van der Waals surface area contributed by atoms with Gasteiger partial charge in [-0.2, -0.15) is 0 Å². The summed E-state index contributed by atoms with van der Waals surface area (Å²) in [4.78, 5) is 26.7. The molecule has 0 spiro atoms. The van der Waals surface area contributed by atoms with Gasteiger partial charge in [-0.15, -0.1) is 0 Å².